The van der Waals surface area contributed by atoms with E-state index in [9.17, 15) is 13.2 Å². The van der Waals surface area contributed by atoms with Gasteiger partial charge in [-0.05, 0) is 104 Å². The zero-order valence-electron chi connectivity index (χ0n) is 36.1. The van der Waals surface area contributed by atoms with Crippen molar-refractivity contribution in [1.82, 2.24) is 19.3 Å². The van der Waals surface area contributed by atoms with E-state index in [2.05, 4.69) is 10.3 Å². The fraction of sp³-hybridized carbons (Fsp3) is 0.354. The molecule has 2 heterocycles. The van der Waals surface area contributed by atoms with E-state index in [0.29, 0.717) is 37.7 Å². The standard InChI is InChI=1S/C48H54N4O9S/c1-7-59-46(53)28-43(41-21-22-44-47(33(41)3)49-50-51(44)23-11-12-24-58-30-36-16-19-39(56-5)20-17-36)37-18-15-32(2)42(26-37)34(4)52-29-38-25-40(60-31-35-13-9-8-10-14-35)27-45(57-6)48(38)61-62(52,54)55/h8-10,13-22,25-27,34,43H,7,11-12,23-24,28-31H2,1-6H3/t34-,43?/m1/s1. The first-order chi connectivity index (χ1) is 30.0. The molecule has 6 aromatic rings. The molecule has 0 radical (unpaired) electrons. The molecule has 0 bridgehead atoms. The van der Waals surface area contributed by atoms with Gasteiger partial charge in [-0.2, -0.15) is 12.7 Å². The van der Waals surface area contributed by atoms with Crippen molar-refractivity contribution in [3.63, 3.8) is 0 Å². The highest BCUT2D eigenvalue weighted by atomic mass is 32.2. The van der Waals surface area contributed by atoms with Gasteiger partial charge >= 0.3 is 16.3 Å². The van der Waals surface area contributed by atoms with Gasteiger partial charge in [0.2, 0.25) is 0 Å². The van der Waals surface area contributed by atoms with Crippen LogP contribution in [0.4, 0.5) is 0 Å². The number of rotatable bonds is 19. The Hall–Kier alpha value is -5.96. The van der Waals surface area contributed by atoms with Gasteiger partial charge in [0.1, 0.15) is 23.6 Å². The van der Waals surface area contributed by atoms with Crippen LogP contribution in [-0.4, -0.2) is 61.1 Å². The van der Waals surface area contributed by atoms with Crippen LogP contribution >= 0.6 is 0 Å². The number of ether oxygens (including phenoxy) is 5. The van der Waals surface area contributed by atoms with Crippen LogP contribution in [0.25, 0.3) is 11.0 Å². The van der Waals surface area contributed by atoms with Crippen molar-refractivity contribution < 1.29 is 41.1 Å². The molecule has 1 aromatic heterocycles. The molecular formula is C48H54N4O9S. The third-order valence-electron chi connectivity index (χ3n) is 11.3. The molecule has 1 aliphatic heterocycles. The molecule has 0 fully saturated rings. The lowest BCUT2D eigenvalue weighted by Crippen LogP contribution is -2.39. The van der Waals surface area contributed by atoms with E-state index < -0.39 is 22.3 Å². The van der Waals surface area contributed by atoms with Crippen LogP contribution in [0, 0.1) is 13.8 Å². The van der Waals surface area contributed by atoms with E-state index in [1.807, 2.05) is 110 Å². The van der Waals surface area contributed by atoms with Crippen molar-refractivity contribution in [2.75, 3.05) is 27.4 Å². The van der Waals surface area contributed by atoms with Crippen molar-refractivity contribution in [3.05, 3.63) is 142 Å². The van der Waals surface area contributed by atoms with Gasteiger partial charge in [-0.1, -0.05) is 71.9 Å². The van der Waals surface area contributed by atoms with E-state index in [1.165, 1.54) is 11.4 Å². The van der Waals surface area contributed by atoms with E-state index >= 15 is 0 Å². The molecule has 2 atom stereocenters. The number of unbranched alkanes of at least 4 members (excludes halogenated alkanes) is 1. The molecule has 0 saturated carbocycles. The molecule has 326 valence electrons. The van der Waals surface area contributed by atoms with Gasteiger partial charge in [-0.3, -0.25) is 4.79 Å². The van der Waals surface area contributed by atoms with Gasteiger partial charge in [-0.15, -0.1) is 5.10 Å². The molecule has 0 aliphatic carbocycles. The van der Waals surface area contributed by atoms with Crippen LogP contribution in [0.5, 0.6) is 23.0 Å². The highest BCUT2D eigenvalue weighted by molar-refractivity contribution is 7.84. The maximum Gasteiger partial charge on any atom is 0.386 e. The van der Waals surface area contributed by atoms with Crippen molar-refractivity contribution in [1.29, 1.82) is 0 Å². The first kappa shape index (κ1) is 44.1. The molecule has 0 amide bonds. The molecule has 7 rings (SSSR count). The lowest BCUT2D eigenvalue weighted by atomic mass is 9.83. The van der Waals surface area contributed by atoms with Crippen molar-refractivity contribution >= 4 is 27.3 Å². The van der Waals surface area contributed by atoms with Crippen LogP contribution in [0.3, 0.4) is 0 Å². The minimum Gasteiger partial charge on any atom is -0.497 e. The number of fused-ring (bicyclic) bond motifs is 2. The predicted molar refractivity (Wildman–Crippen MR) is 236 cm³/mol. The van der Waals surface area contributed by atoms with Crippen molar-refractivity contribution in [2.45, 2.75) is 85.2 Å². The summed E-state index contributed by atoms with van der Waals surface area (Å²) in [7, 11) is -1.14. The first-order valence-corrected chi connectivity index (χ1v) is 22.2. The molecule has 0 spiro atoms. The Balaban J connectivity index is 1.10. The number of carbonyl (C=O) groups is 1. The van der Waals surface area contributed by atoms with Gasteiger partial charge in [0.25, 0.3) is 0 Å². The number of aromatic nitrogens is 3. The van der Waals surface area contributed by atoms with Crippen LogP contribution in [0.2, 0.25) is 0 Å². The summed E-state index contributed by atoms with van der Waals surface area (Å²) in [6.45, 7) is 10.0. The summed E-state index contributed by atoms with van der Waals surface area (Å²) in [4.78, 5) is 13.2. The number of hydrogen-bond acceptors (Lipinski definition) is 11. The Labute approximate surface area is 363 Å². The largest absolute Gasteiger partial charge is 0.497 e. The summed E-state index contributed by atoms with van der Waals surface area (Å²) >= 11 is 0. The van der Waals surface area contributed by atoms with Crippen LogP contribution in [-0.2, 0) is 50.9 Å². The maximum absolute atomic E-state index is 13.9. The van der Waals surface area contributed by atoms with Crippen LogP contribution in [0.1, 0.15) is 89.6 Å². The fourth-order valence-electron chi connectivity index (χ4n) is 7.93. The minimum absolute atomic E-state index is 0.0236. The Kier molecular flexibility index (Phi) is 14.1. The minimum atomic E-state index is -4.26. The Morgan fingerprint density at radius 3 is 2.37 bits per heavy atom. The van der Waals surface area contributed by atoms with E-state index in [0.717, 1.165) is 68.6 Å². The van der Waals surface area contributed by atoms with Crippen molar-refractivity contribution in [3.8, 4) is 23.0 Å². The summed E-state index contributed by atoms with van der Waals surface area (Å²) < 4.78 is 65.0. The number of methoxy groups -OCH3 is 2. The van der Waals surface area contributed by atoms with Gasteiger partial charge in [0, 0.05) is 37.2 Å². The summed E-state index contributed by atoms with van der Waals surface area (Å²) in [5.41, 5.74) is 8.66. The van der Waals surface area contributed by atoms with Crippen LogP contribution in [0.15, 0.2) is 97.1 Å². The average Bonchev–Trinajstić information content (AvgIpc) is 3.70. The summed E-state index contributed by atoms with van der Waals surface area (Å²) in [6.07, 6.45) is 1.80. The third-order valence-corrected chi connectivity index (χ3v) is 12.7. The predicted octanol–water partition coefficient (Wildman–Crippen LogP) is 8.93. The first-order valence-electron chi connectivity index (χ1n) is 20.9. The number of esters is 1. The molecule has 0 N–H and O–H groups in total. The van der Waals surface area contributed by atoms with Gasteiger partial charge in [0.15, 0.2) is 11.5 Å². The maximum atomic E-state index is 13.9. The smallest absolute Gasteiger partial charge is 0.386 e. The zero-order chi connectivity index (χ0) is 43.8. The summed E-state index contributed by atoms with van der Waals surface area (Å²) in [6, 6.07) is 30.4. The summed E-state index contributed by atoms with van der Waals surface area (Å²) in [5.74, 6) is 0.993. The highest BCUT2D eigenvalue weighted by Gasteiger charge is 2.38. The van der Waals surface area contributed by atoms with E-state index in [4.69, 9.17) is 27.9 Å². The lowest BCUT2D eigenvalue weighted by Gasteiger charge is -2.34. The highest BCUT2D eigenvalue weighted by Crippen LogP contribution is 2.44. The number of aryl methyl sites for hydroxylation is 3. The Morgan fingerprint density at radius 1 is 0.855 bits per heavy atom. The lowest BCUT2D eigenvalue weighted by molar-refractivity contribution is -0.143. The van der Waals surface area contributed by atoms with E-state index in [1.54, 1.807) is 26.2 Å². The normalized spacial score (nSPS) is 14.4. The zero-order valence-corrected chi connectivity index (χ0v) is 36.9. The number of nitrogens with zero attached hydrogens (tertiary/aromatic N) is 4. The quantitative estimate of drug-likeness (QED) is 0.0570. The second kappa shape index (κ2) is 19.8. The molecule has 14 heteroatoms. The van der Waals surface area contributed by atoms with Gasteiger partial charge < -0.3 is 27.9 Å². The number of carbonyl (C=O) groups excluding carboxylic acids is 1. The molecule has 1 aliphatic rings. The second-order valence-electron chi connectivity index (χ2n) is 15.4. The molecule has 13 nitrogen and oxygen atoms in total. The molecular weight excluding hydrogens is 809 g/mol. The van der Waals surface area contributed by atoms with Crippen LogP contribution < -0.4 is 18.4 Å². The third kappa shape index (κ3) is 10.0. The fourth-order valence-corrected chi connectivity index (χ4v) is 9.22. The topological polar surface area (TPSA) is 141 Å². The molecule has 62 heavy (non-hydrogen) atoms. The average molecular weight is 863 g/mol. The van der Waals surface area contributed by atoms with E-state index in [-0.39, 0.29) is 37.0 Å². The molecule has 0 saturated heterocycles. The second-order valence-corrected chi connectivity index (χ2v) is 16.9. The molecule has 1 unspecified atom stereocenters. The molecule has 5 aromatic carbocycles. The summed E-state index contributed by atoms with van der Waals surface area (Å²) in [5, 5.41) is 9.09. The Morgan fingerprint density at radius 2 is 1.63 bits per heavy atom. The number of benzene rings is 5. The number of hydrogen-bond donors (Lipinski definition) is 0. The Bertz CT molecular complexity index is 2600. The van der Waals surface area contributed by atoms with Gasteiger partial charge in [-0.25, -0.2) is 4.68 Å². The monoisotopic (exact) mass is 862 g/mol. The van der Waals surface area contributed by atoms with Gasteiger partial charge in [0.05, 0.1) is 45.4 Å². The SMILES string of the molecule is CCOC(=O)CC(c1ccc(C)c([C@@H](C)N2Cc3cc(OCc4ccccc4)cc(OC)c3OS2(=O)=O)c1)c1ccc2c(nnn2CCCCOCc2ccc(OC)cc2)c1C. The van der Waals surface area contributed by atoms with Crippen molar-refractivity contribution in [2.24, 2.45) is 0 Å².